The highest BCUT2D eigenvalue weighted by molar-refractivity contribution is 9.10. The normalized spacial score (nSPS) is 10.6. The second-order valence-corrected chi connectivity index (χ2v) is 5.63. The lowest BCUT2D eigenvalue weighted by Gasteiger charge is -2.05. The first-order chi connectivity index (χ1) is 10.5. The first-order valence-corrected chi connectivity index (χ1v) is 7.45. The minimum atomic E-state index is -0.272. The minimum absolute atomic E-state index is 0.0963. The standard InChI is InChI=1S/C16H16BrN3O2/c1-11-2-5-14(6-3-11)18-10-16(22)20-19-9-12-8-13(17)4-7-15(12)21/h2-9,18,21H,10H2,1H3,(H,20,22). The summed E-state index contributed by atoms with van der Waals surface area (Å²) < 4.78 is 0.819. The number of aryl methyl sites for hydroxylation is 1. The Hall–Kier alpha value is -2.34. The van der Waals surface area contributed by atoms with Crippen molar-refractivity contribution in [3.05, 3.63) is 58.1 Å². The lowest BCUT2D eigenvalue weighted by Crippen LogP contribution is -2.25. The number of hydrogen-bond acceptors (Lipinski definition) is 4. The molecule has 0 aliphatic rings. The molecule has 2 aromatic carbocycles. The number of anilines is 1. The van der Waals surface area contributed by atoms with E-state index in [0.29, 0.717) is 5.56 Å². The van der Waals surface area contributed by atoms with Crippen molar-refractivity contribution in [1.82, 2.24) is 5.43 Å². The Bertz CT molecular complexity index is 684. The van der Waals surface area contributed by atoms with Crippen LogP contribution in [0.25, 0.3) is 0 Å². The Morgan fingerprint density at radius 1 is 1.27 bits per heavy atom. The summed E-state index contributed by atoms with van der Waals surface area (Å²) in [5, 5.41) is 16.5. The first kappa shape index (κ1) is 16.0. The third-order valence-electron chi connectivity index (χ3n) is 2.89. The third kappa shape index (κ3) is 4.89. The van der Waals surface area contributed by atoms with Crippen molar-refractivity contribution in [2.45, 2.75) is 6.92 Å². The molecule has 0 atom stereocenters. The lowest BCUT2D eigenvalue weighted by molar-refractivity contribution is -0.119. The van der Waals surface area contributed by atoms with E-state index in [9.17, 15) is 9.90 Å². The van der Waals surface area contributed by atoms with E-state index in [4.69, 9.17) is 0 Å². The van der Waals surface area contributed by atoms with E-state index < -0.39 is 0 Å². The van der Waals surface area contributed by atoms with Gasteiger partial charge < -0.3 is 10.4 Å². The fraction of sp³-hybridized carbons (Fsp3) is 0.125. The van der Waals surface area contributed by atoms with Gasteiger partial charge in [0.05, 0.1) is 12.8 Å². The van der Waals surface area contributed by atoms with Gasteiger partial charge in [-0.15, -0.1) is 0 Å². The molecule has 0 saturated carbocycles. The molecule has 6 heteroatoms. The number of carbonyl (C=O) groups is 1. The van der Waals surface area contributed by atoms with Gasteiger partial charge in [-0.25, -0.2) is 5.43 Å². The number of halogens is 1. The molecule has 0 saturated heterocycles. The number of rotatable bonds is 5. The number of benzene rings is 2. The largest absolute Gasteiger partial charge is 0.507 e. The molecule has 0 fully saturated rings. The van der Waals surface area contributed by atoms with Gasteiger partial charge in [-0.1, -0.05) is 33.6 Å². The van der Waals surface area contributed by atoms with E-state index in [1.165, 1.54) is 6.21 Å². The van der Waals surface area contributed by atoms with Crippen LogP contribution in [0.1, 0.15) is 11.1 Å². The second kappa shape index (κ2) is 7.61. The smallest absolute Gasteiger partial charge is 0.259 e. The summed E-state index contributed by atoms with van der Waals surface area (Å²) >= 11 is 3.30. The van der Waals surface area contributed by atoms with E-state index in [-0.39, 0.29) is 18.2 Å². The van der Waals surface area contributed by atoms with Crippen molar-refractivity contribution in [2.24, 2.45) is 5.10 Å². The van der Waals surface area contributed by atoms with Crippen LogP contribution in [0.5, 0.6) is 5.75 Å². The number of aromatic hydroxyl groups is 1. The summed E-state index contributed by atoms with van der Waals surface area (Å²) in [6.45, 7) is 2.12. The van der Waals surface area contributed by atoms with Crippen molar-refractivity contribution in [1.29, 1.82) is 0 Å². The number of phenolic OH excluding ortho intramolecular Hbond substituents is 1. The molecular weight excluding hydrogens is 346 g/mol. The number of amides is 1. The van der Waals surface area contributed by atoms with E-state index >= 15 is 0 Å². The van der Waals surface area contributed by atoms with Gasteiger partial charge in [0.15, 0.2) is 0 Å². The van der Waals surface area contributed by atoms with E-state index in [0.717, 1.165) is 15.7 Å². The maximum absolute atomic E-state index is 11.7. The predicted molar refractivity (Wildman–Crippen MR) is 91.2 cm³/mol. The highest BCUT2D eigenvalue weighted by Gasteiger charge is 2.01. The lowest BCUT2D eigenvalue weighted by atomic mass is 10.2. The molecule has 2 aromatic rings. The molecule has 1 amide bonds. The van der Waals surface area contributed by atoms with Crippen molar-refractivity contribution < 1.29 is 9.90 Å². The molecule has 5 nitrogen and oxygen atoms in total. The molecule has 3 N–H and O–H groups in total. The molecule has 0 aliphatic carbocycles. The fourth-order valence-corrected chi connectivity index (χ4v) is 2.07. The zero-order chi connectivity index (χ0) is 15.9. The van der Waals surface area contributed by atoms with Gasteiger partial charge in [-0.05, 0) is 37.3 Å². The fourth-order valence-electron chi connectivity index (χ4n) is 1.70. The van der Waals surface area contributed by atoms with Gasteiger partial charge >= 0.3 is 0 Å². The van der Waals surface area contributed by atoms with Gasteiger partial charge in [0, 0.05) is 15.7 Å². The summed E-state index contributed by atoms with van der Waals surface area (Å²) in [5.41, 5.74) is 4.95. The van der Waals surface area contributed by atoms with Crippen LogP contribution in [-0.4, -0.2) is 23.8 Å². The molecule has 22 heavy (non-hydrogen) atoms. The Balaban J connectivity index is 1.83. The molecule has 114 valence electrons. The maximum Gasteiger partial charge on any atom is 0.259 e. The van der Waals surface area contributed by atoms with Gasteiger partial charge in [0.25, 0.3) is 5.91 Å². The zero-order valence-electron chi connectivity index (χ0n) is 12.0. The van der Waals surface area contributed by atoms with Crippen LogP contribution < -0.4 is 10.7 Å². The van der Waals surface area contributed by atoms with Crippen molar-refractivity contribution >= 4 is 33.7 Å². The van der Waals surface area contributed by atoms with Crippen LogP contribution in [0.4, 0.5) is 5.69 Å². The molecule has 0 spiro atoms. The van der Waals surface area contributed by atoms with Crippen LogP contribution in [0.15, 0.2) is 52.0 Å². The average Bonchev–Trinajstić information content (AvgIpc) is 2.50. The maximum atomic E-state index is 11.7. The molecule has 0 heterocycles. The van der Waals surface area contributed by atoms with Crippen molar-refractivity contribution in [2.75, 3.05) is 11.9 Å². The molecule has 2 rings (SSSR count). The third-order valence-corrected chi connectivity index (χ3v) is 3.38. The molecule has 0 aromatic heterocycles. The van der Waals surface area contributed by atoms with Gasteiger partial charge in [-0.3, -0.25) is 4.79 Å². The Morgan fingerprint density at radius 2 is 2.00 bits per heavy atom. The van der Waals surface area contributed by atoms with Gasteiger partial charge in [0.2, 0.25) is 0 Å². The highest BCUT2D eigenvalue weighted by Crippen LogP contribution is 2.19. The van der Waals surface area contributed by atoms with Crippen LogP contribution in [0.2, 0.25) is 0 Å². The quantitative estimate of drug-likeness (QED) is 0.566. The van der Waals surface area contributed by atoms with Gasteiger partial charge in [0.1, 0.15) is 5.75 Å². The number of carbonyl (C=O) groups excluding carboxylic acids is 1. The first-order valence-electron chi connectivity index (χ1n) is 6.65. The Kier molecular flexibility index (Phi) is 5.55. The SMILES string of the molecule is Cc1ccc(NCC(=O)NN=Cc2cc(Br)ccc2O)cc1. The summed E-state index contributed by atoms with van der Waals surface area (Å²) in [4.78, 5) is 11.7. The Morgan fingerprint density at radius 3 is 2.73 bits per heavy atom. The average molecular weight is 362 g/mol. The monoisotopic (exact) mass is 361 g/mol. The highest BCUT2D eigenvalue weighted by atomic mass is 79.9. The number of nitrogens with zero attached hydrogens (tertiary/aromatic N) is 1. The predicted octanol–water partition coefficient (Wildman–Crippen LogP) is 3.03. The molecule has 0 aliphatic heterocycles. The number of hydrogen-bond donors (Lipinski definition) is 3. The number of phenols is 1. The van der Waals surface area contributed by atoms with Crippen molar-refractivity contribution in [3.63, 3.8) is 0 Å². The minimum Gasteiger partial charge on any atom is -0.507 e. The molecule has 0 bridgehead atoms. The summed E-state index contributed by atoms with van der Waals surface area (Å²) in [5.74, 6) is -0.176. The summed E-state index contributed by atoms with van der Waals surface area (Å²) in [7, 11) is 0. The Labute approximate surface area is 137 Å². The van der Waals surface area contributed by atoms with Crippen LogP contribution in [0.3, 0.4) is 0 Å². The summed E-state index contributed by atoms with van der Waals surface area (Å²) in [6, 6.07) is 12.7. The molecular formula is C16H16BrN3O2. The van der Waals surface area contributed by atoms with Crippen LogP contribution in [-0.2, 0) is 4.79 Å². The number of nitrogens with one attached hydrogen (secondary N) is 2. The molecule has 0 unspecified atom stereocenters. The topological polar surface area (TPSA) is 73.7 Å². The second-order valence-electron chi connectivity index (χ2n) is 4.72. The van der Waals surface area contributed by atoms with Crippen molar-refractivity contribution in [3.8, 4) is 5.75 Å². The summed E-state index contributed by atoms with van der Waals surface area (Å²) in [6.07, 6.45) is 1.39. The van der Waals surface area contributed by atoms with Crippen LogP contribution >= 0.6 is 15.9 Å². The van der Waals surface area contributed by atoms with Gasteiger partial charge in [-0.2, -0.15) is 5.10 Å². The zero-order valence-corrected chi connectivity index (χ0v) is 13.6. The van der Waals surface area contributed by atoms with E-state index in [1.807, 2.05) is 31.2 Å². The molecule has 0 radical (unpaired) electrons. The van der Waals surface area contributed by atoms with E-state index in [2.05, 4.69) is 31.8 Å². The van der Waals surface area contributed by atoms with E-state index in [1.54, 1.807) is 18.2 Å². The number of hydrazone groups is 1. The van der Waals surface area contributed by atoms with Crippen LogP contribution in [0, 0.1) is 6.92 Å².